The Morgan fingerprint density at radius 2 is 1.78 bits per heavy atom. The van der Waals surface area contributed by atoms with Gasteiger partial charge in [-0.25, -0.2) is 0 Å². The lowest BCUT2D eigenvalue weighted by atomic mass is 9.77. The van der Waals surface area contributed by atoms with E-state index in [1.807, 2.05) is 0 Å². The molecule has 0 radical (unpaired) electrons. The third-order valence-electron chi connectivity index (χ3n) is 4.37. The van der Waals surface area contributed by atoms with Gasteiger partial charge in [0.1, 0.15) is 0 Å². The first-order chi connectivity index (χ1) is 8.69. The van der Waals surface area contributed by atoms with Crippen LogP contribution in [0.1, 0.15) is 44.6 Å². The van der Waals surface area contributed by atoms with E-state index in [2.05, 4.69) is 53.8 Å². The third-order valence-corrected chi connectivity index (χ3v) is 5.09. The molecule has 1 aromatic carbocycles. The average Bonchev–Trinajstić information content (AvgIpc) is 2.41. The van der Waals surface area contributed by atoms with Crippen LogP contribution in [0.2, 0.25) is 0 Å². The van der Waals surface area contributed by atoms with Gasteiger partial charge < -0.3 is 5.11 Å². The molecule has 1 N–H and O–H groups in total. The second-order valence-corrected chi connectivity index (χ2v) is 6.83. The Hall–Kier alpha value is -0.0900. The van der Waals surface area contributed by atoms with Gasteiger partial charge in [-0.2, -0.15) is 0 Å². The van der Waals surface area contributed by atoms with Crippen molar-refractivity contribution in [2.75, 3.05) is 0 Å². The normalized spacial score (nSPS) is 25.9. The van der Waals surface area contributed by atoms with E-state index in [1.165, 1.54) is 41.2 Å². The Kier molecular flexibility index (Phi) is 5.49. The minimum atomic E-state index is -0.150. The van der Waals surface area contributed by atoms with Gasteiger partial charge in [-0.1, -0.05) is 38.3 Å². The highest BCUT2D eigenvalue weighted by molar-refractivity contribution is 14.1. The Bertz CT molecular complexity index is 352. The largest absolute Gasteiger partial charge is 0.392 e. The van der Waals surface area contributed by atoms with Gasteiger partial charge in [-0.3, -0.25) is 0 Å². The van der Waals surface area contributed by atoms with Gasteiger partial charge in [-0.05, 0) is 71.4 Å². The fraction of sp³-hybridized carbons (Fsp3) is 0.625. The molecule has 0 spiro atoms. The van der Waals surface area contributed by atoms with E-state index < -0.39 is 0 Å². The summed E-state index contributed by atoms with van der Waals surface area (Å²) in [6.07, 6.45) is 7.02. The highest BCUT2D eigenvalue weighted by atomic mass is 127. The molecular formula is C16H23IO. The topological polar surface area (TPSA) is 20.2 Å². The van der Waals surface area contributed by atoms with E-state index in [4.69, 9.17) is 0 Å². The summed E-state index contributed by atoms with van der Waals surface area (Å²) in [5.74, 6) is 1.43. The molecule has 1 unspecified atom stereocenters. The fourth-order valence-corrected chi connectivity index (χ4v) is 3.37. The van der Waals surface area contributed by atoms with Crippen LogP contribution < -0.4 is 0 Å². The Labute approximate surface area is 124 Å². The summed E-state index contributed by atoms with van der Waals surface area (Å²) < 4.78 is 1.26. The maximum absolute atomic E-state index is 10.4. The molecule has 18 heavy (non-hydrogen) atoms. The number of halogens is 1. The first-order valence-corrected chi connectivity index (χ1v) is 8.19. The van der Waals surface area contributed by atoms with Crippen LogP contribution in [-0.4, -0.2) is 11.2 Å². The maximum atomic E-state index is 10.4. The maximum Gasteiger partial charge on any atom is 0.0608 e. The SMILES string of the molecule is CCC1CCC(C(O)Cc2ccc(I)cc2)CC1. The molecule has 1 atom stereocenters. The number of hydrogen-bond donors (Lipinski definition) is 1. The Morgan fingerprint density at radius 3 is 2.33 bits per heavy atom. The number of rotatable bonds is 4. The smallest absolute Gasteiger partial charge is 0.0608 e. The lowest BCUT2D eigenvalue weighted by molar-refractivity contribution is 0.0735. The van der Waals surface area contributed by atoms with Crippen LogP contribution in [0.25, 0.3) is 0 Å². The summed E-state index contributed by atoms with van der Waals surface area (Å²) in [6.45, 7) is 2.28. The highest BCUT2D eigenvalue weighted by Crippen LogP contribution is 2.33. The summed E-state index contributed by atoms with van der Waals surface area (Å²) in [7, 11) is 0. The molecular weight excluding hydrogens is 335 g/mol. The van der Waals surface area contributed by atoms with Crippen molar-refractivity contribution >= 4 is 22.6 Å². The molecule has 0 aromatic heterocycles. The molecule has 2 rings (SSSR count). The number of aliphatic hydroxyl groups is 1. The Balaban J connectivity index is 1.85. The molecule has 0 amide bonds. The Morgan fingerprint density at radius 1 is 1.17 bits per heavy atom. The standard InChI is InChI=1S/C16H23IO/c1-2-12-3-7-14(8-4-12)16(18)11-13-5-9-15(17)10-6-13/h5-6,9-10,12,14,16,18H,2-4,7-8,11H2,1H3. The van der Waals surface area contributed by atoms with Gasteiger partial charge in [-0.15, -0.1) is 0 Å². The highest BCUT2D eigenvalue weighted by Gasteiger charge is 2.25. The van der Waals surface area contributed by atoms with Gasteiger partial charge in [0.2, 0.25) is 0 Å². The van der Waals surface area contributed by atoms with Gasteiger partial charge in [0.25, 0.3) is 0 Å². The van der Waals surface area contributed by atoms with Crippen LogP contribution >= 0.6 is 22.6 Å². The number of benzene rings is 1. The van der Waals surface area contributed by atoms with Crippen molar-refractivity contribution in [1.29, 1.82) is 0 Å². The van der Waals surface area contributed by atoms with Crippen molar-refractivity contribution in [3.05, 3.63) is 33.4 Å². The quantitative estimate of drug-likeness (QED) is 0.791. The molecule has 1 fully saturated rings. The molecule has 0 heterocycles. The van der Waals surface area contributed by atoms with Crippen LogP contribution in [0, 0.1) is 15.4 Å². The minimum absolute atomic E-state index is 0.150. The van der Waals surface area contributed by atoms with Gasteiger partial charge >= 0.3 is 0 Å². The molecule has 0 aliphatic heterocycles. The van der Waals surface area contributed by atoms with E-state index >= 15 is 0 Å². The van der Waals surface area contributed by atoms with Crippen LogP contribution in [0.3, 0.4) is 0 Å². The summed E-state index contributed by atoms with van der Waals surface area (Å²) >= 11 is 2.32. The monoisotopic (exact) mass is 358 g/mol. The molecule has 1 saturated carbocycles. The summed E-state index contributed by atoms with van der Waals surface area (Å²) in [4.78, 5) is 0. The second-order valence-electron chi connectivity index (χ2n) is 5.59. The zero-order chi connectivity index (χ0) is 13.0. The molecule has 1 aliphatic rings. The van der Waals surface area contributed by atoms with Crippen LogP contribution in [-0.2, 0) is 6.42 Å². The van der Waals surface area contributed by atoms with E-state index in [9.17, 15) is 5.11 Å². The van der Waals surface area contributed by atoms with Crippen molar-refractivity contribution in [3.8, 4) is 0 Å². The van der Waals surface area contributed by atoms with Crippen molar-refractivity contribution in [3.63, 3.8) is 0 Å². The third kappa shape index (κ3) is 3.95. The van der Waals surface area contributed by atoms with Gasteiger partial charge in [0, 0.05) is 3.57 Å². The van der Waals surface area contributed by atoms with Crippen LogP contribution in [0.4, 0.5) is 0 Å². The molecule has 1 aliphatic carbocycles. The van der Waals surface area contributed by atoms with E-state index in [0.29, 0.717) is 5.92 Å². The van der Waals surface area contributed by atoms with Crippen molar-refractivity contribution in [2.45, 2.75) is 51.6 Å². The van der Waals surface area contributed by atoms with E-state index in [1.54, 1.807) is 0 Å². The van der Waals surface area contributed by atoms with Crippen LogP contribution in [0.5, 0.6) is 0 Å². The summed E-state index contributed by atoms with van der Waals surface area (Å²) in [5, 5.41) is 10.4. The number of aliphatic hydroxyl groups excluding tert-OH is 1. The average molecular weight is 358 g/mol. The second kappa shape index (κ2) is 6.90. The van der Waals surface area contributed by atoms with Crippen molar-refractivity contribution in [2.24, 2.45) is 11.8 Å². The zero-order valence-corrected chi connectivity index (χ0v) is 13.3. The molecule has 1 nitrogen and oxygen atoms in total. The predicted octanol–water partition coefficient (Wildman–Crippen LogP) is 4.41. The number of hydrogen-bond acceptors (Lipinski definition) is 1. The molecule has 100 valence electrons. The first-order valence-electron chi connectivity index (χ1n) is 7.11. The van der Waals surface area contributed by atoms with Crippen molar-refractivity contribution in [1.82, 2.24) is 0 Å². The van der Waals surface area contributed by atoms with Gasteiger partial charge in [0.05, 0.1) is 6.10 Å². The molecule has 2 heteroatoms. The van der Waals surface area contributed by atoms with Gasteiger partial charge in [0.15, 0.2) is 0 Å². The van der Waals surface area contributed by atoms with Crippen LogP contribution in [0.15, 0.2) is 24.3 Å². The fourth-order valence-electron chi connectivity index (χ4n) is 3.01. The van der Waals surface area contributed by atoms with E-state index in [-0.39, 0.29) is 6.10 Å². The summed E-state index contributed by atoms with van der Waals surface area (Å²) in [5.41, 5.74) is 1.26. The molecule has 1 aromatic rings. The summed E-state index contributed by atoms with van der Waals surface area (Å²) in [6, 6.07) is 8.53. The molecule has 0 bridgehead atoms. The first kappa shape index (κ1) is 14.3. The lowest BCUT2D eigenvalue weighted by Gasteiger charge is -2.31. The zero-order valence-electron chi connectivity index (χ0n) is 11.1. The predicted molar refractivity (Wildman–Crippen MR) is 84.6 cm³/mol. The van der Waals surface area contributed by atoms with Crippen molar-refractivity contribution < 1.29 is 5.11 Å². The van der Waals surface area contributed by atoms with E-state index in [0.717, 1.165) is 12.3 Å². The lowest BCUT2D eigenvalue weighted by Crippen LogP contribution is -2.27. The minimum Gasteiger partial charge on any atom is -0.392 e. The molecule has 0 saturated heterocycles.